The fourth-order valence-corrected chi connectivity index (χ4v) is 14.9. The molecule has 22 nitrogen and oxygen atoms in total. The van der Waals surface area contributed by atoms with E-state index < -0.39 is 17.9 Å². The number of rotatable bonds is 31. The van der Waals surface area contributed by atoms with Gasteiger partial charge in [-0.3, -0.25) is 28.1 Å². The molecule has 6 heterocycles. The first-order valence-electron chi connectivity index (χ1n) is 39.3. The molecule has 0 spiro atoms. The largest absolute Gasteiger partial charge is 0.497 e. The summed E-state index contributed by atoms with van der Waals surface area (Å²) in [5.74, 6) is -0.314. The van der Waals surface area contributed by atoms with E-state index in [-0.39, 0.29) is 58.6 Å². The molecule has 6 aromatic heterocycles. The predicted molar refractivity (Wildman–Crippen MR) is 456 cm³/mol. The van der Waals surface area contributed by atoms with Gasteiger partial charge in [0.25, 0.3) is 17.7 Å². The second kappa shape index (κ2) is 40.2. The smallest absolute Gasteiger partial charge is 0.349 e. The molecule has 12 rings (SSSR count). The number of aryl methyl sites for hydroxylation is 6. The Morgan fingerprint density at radius 1 is 0.487 bits per heavy atom. The van der Waals surface area contributed by atoms with Crippen LogP contribution in [0.5, 0.6) is 5.75 Å². The van der Waals surface area contributed by atoms with Crippen molar-refractivity contribution in [1.29, 1.82) is 0 Å². The summed E-state index contributed by atoms with van der Waals surface area (Å²) in [6.45, 7) is 22.5. The van der Waals surface area contributed by atoms with Gasteiger partial charge in [-0.25, -0.2) is 18.8 Å². The highest BCUT2D eigenvalue weighted by molar-refractivity contribution is 6.35. The van der Waals surface area contributed by atoms with Gasteiger partial charge in [0, 0.05) is 40.3 Å². The van der Waals surface area contributed by atoms with Crippen molar-refractivity contribution in [3.8, 4) is 5.75 Å². The quantitative estimate of drug-likeness (QED) is 0.0271. The van der Waals surface area contributed by atoms with E-state index in [1.807, 2.05) is 165 Å². The van der Waals surface area contributed by atoms with Crippen LogP contribution in [0.2, 0.25) is 15.1 Å². The van der Waals surface area contributed by atoms with Gasteiger partial charge in [0.2, 0.25) is 0 Å². The second-order valence-corrected chi connectivity index (χ2v) is 30.6. The van der Waals surface area contributed by atoms with Crippen LogP contribution in [0.4, 0.5) is 4.39 Å². The average Bonchev–Trinajstić information content (AvgIpc) is 1.67. The van der Waals surface area contributed by atoms with Crippen molar-refractivity contribution in [3.05, 3.63) is 306 Å². The molecule has 115 heavy (non-hydrogen) atoms. The number of aromatic nitrogens is 9. The Bertz CT molecular complexity index is 5570. The predicted octanol–water partition coefficient (Wildman–Crippen LogP) is 15.4. The van der Waals surface area contributed by atoms with E-state index in [1.165, 1.54) is 31.7 Å². The zero-order valence-electron chi connectivity index (χ0n) is 67.3. The molecule has 26 heteroatoms. The topological polar surface area (TPSA) is 284 Å². The van der Waals surface area contributed by atoms with Crippen LogP contribution in [0, 0.1) is 51.3 Å². The molecular weight excluding hydrogens is 1520 g/mol. The summed E-state index contributed by atoms with van der Waals surface area (Å²) in [5, 5.41) is 20.8. The van der Waals surface area contributed by atoms with Gasteiger partial charge in [0.15, 0.2) is 0 Å². The average molecular weight is 1620 g/mol. The molecule has 6 unspecified atom stereocenters. The van der Waals surface area contributed by atoms with Crippen LogP contribution in [0.15, 0.2) is 184 Å². The monoisotopic (exact) mass is 1620 g/mol. The number of nitrogens with two attached hydrogens (primary N) is 3. The number of nitrogens with one attached hydrogen (secondary N) is 2. The highest BCUT2D eigenvalue weighted by Gasteiger charge is 2.35. The van der Waals surface area contributed by atoms with E-state index >= 15 is 0 Å². The molecule has 0 aliphatic rings. The summed E-state index contributed by atoms with van der Waals surface area (Å²) < 4.78 is 28.5. The van der Waals surface area contributed by atoms with Crippen LogP contribution < -0.4 is 49.6 Å². The lowest BCUT2D eigenvalue weighted by atomic mass is 9.92. The Morgan fingerprint density at radius 3 is 1.27 bits per heavy atom. The van der Waals surface area contributed by atoms with Gasteiger partial charge in [0.1, 0.15) is 11.6 Å². The fourth-order valence-electron chi connectivity index (χ4n) is 14.4. The van der Waals surface area contributed by atoms with Crippen molar-refractivity contribution in [3.63, 3.8) is 0 Å². The van der Waals surface area contributed by atoms with Crippen LogP contribution in [-0.4, -0.2) is 98.5 Å². The number of fused-ring (bicyclic) bond motifs is 3. The number of methoxy groups -OCH3 is 1. The van der Waals surface area contributed by atoms with Gasteiger partial charge >= 0.3 is 17.1 Å². The van der Waals surface area contributed by atoms with Crippen molar-refractivity contribution in [2.45, 2.75) is 158 Å². The maximum Gasteiger partial charge on any atom is 0.349 e. The van der Waals surface area contributed by atoms with Crippen LogP contribution in [0.25, 0.3) is 16.6 Å². The maximum atomic E-state index is 14.1. The number of amides is 3. The van der Waals surface area contributed by atoms with E-state index in [1.54, 1.807) is 53.7 Å². The number of carbonyl (C=O) groups is 3. The SMILES string of the molecule is CCC(C)C(NC(=O)c1ccc(F)cc1CCCN)c1cc2c(Cl)c(C)nn2c(=O)n1Cc1ccccc1.CCC(C)C(NC(=O)c1ccc(OC)cc1CCCN)c1cc2c(Cl)c(C)nn2c(=O)n1Cc1ccccc1.CCC(C)C(c1cc2c(Cl)c(C)nn2c(=O)n1Cc1ccccc1)N(CCCN)C(=O)c1cccc(C)c1. The number of benzene rings is 6. The molecule has 0 fully saturated rings. The molecule has 6 aromatic carbocycles. The molecule has 0 saturated heterocycles. The number of nitrogens with zero attached hydrogens (tertiary/aromatic N) is 10. The zero-order valence-corrected chi connectivity index (χ0v) is 69.6. The van der Waals surface area contributed by atoms with Crippen molar-refractivity contribution in [2.75, 3.05) is 33.3 Å². The van der Waals surface area contributed by atoms with Crippen molar-refractivity contribution < 1.29 is 23.5 Å². The second-order valence-electron chi connectivity index (χ2n) is 29.5. The molecule has 606 valence electrons. The maximum absolute atomic E-state index is 14.1. The van der Waals surface area contributed by atoms with Gasteiger partial charge in [-0.1, -0.05) is 204 Å². The first-order chi connectivity index (χ1) is 55.3. The van der Waals surface area contributed by atoms with Crippen molar-refractivity contribution in [1.82, 2.24) is 58.1 Å². The molecule has 8 N–H and O–H groups in total. The van der Waals surface area contributed by atoms with Gasteiger partial charge in [0.05, 0.1) is 93.6 Å². The van der Waals surface area contributed by atoms with E-state index in [2.05, 4.69) is 53.6 Å². The van der Waals surface area contributed by atoms with Gasteiger partial charge in [-0.2, -0.15) is 28.8 Å². The minimum absolute atomic E-state index is 0.0198. The van der Waals surface area contributed by atoms with E-state index in [0.717, 1.165) is 59.2 Å². The lowest BCUT2D eigenvalue weighted by Crippen LogP contribution is -2.43. The van der Waals surface area contributed by atoms with Crippen LogP contribution in [0.3, 0.4) is 0 Å². The number of halogens is 4. The molecule has 0 saturated carbocycles. The molecule has 3 amide bonds. The molecule has 0 radical (unpaired) electrons. The Balaban J connectivity index is 0.000000182. The number of ether oxygens (including phenoxy) is 1. The highest BCUT2D eigenvalue weighted by atomic mass is 35.5. The first-order valence-corrected chi connectivity index (χ1v) is 40.5. The van der Waals surface area contributed by atoms with Crippen LogP contribution in [0.1, 0.15) is 197 Å². The van der Waals surface area contributed by atoms with Crippen molar-refractivity contribution >= 4 is 69.1 Å². The van der Waals surface area contributed by atoms with E-state index in [4.69, 9.17) is 56.7 Å². The summed E-state index contributed by atoms with van der Waals surface area (Å²) in [4.78, 5) is 84.9. The lowest BCUT2D eigenvalue weighted by Gasteiger charge is -2.37. The molecule has 12 aromatic rings. The summed E-state index contributed by atoms with van der Waals surface area (Å²) in [6, 6.07) is 50.8. The normalized spacial score (nSPS) is 13.0. The Morgan fingerprint density at radius 2 is 0.878 bits per heavy atom. The van der Waals surface area contributed by atoms with Crippen LogP contribution in [-0.2, 0) is 32.5 Å². The van der Waals surface area contributed by atoms with Gasteiger partial charge in [-0.05, 0) is 192 Å². The zero-order chi connectivity index (χ0) is 82.9. The molecule has 0 bridgehead atoms. The standard InChI is InChI=1S/C30H36ClN5O3.C30H36ClN5O2.C29H33ClFN5O2/c1-5-19(2)28(33-29(37)24-14-13-23(39-4)16-22(24)12-9-15-32)26-17-25-27(31)20(3)34-36(25)30(38)35(26)18-21-10-7-6-8-11-21;1-5-21(3)28(34(16-10-15-32)29(37)24-14-9-11-20(2)17-24)26-18-25-27(31)22(4)33-36(25)30(38)35(26)19-23-12-7-6-8-13-23;1-4-18(2)27(33-28(37)23-13-12-22(31)15-21(23)11-8-14-32)25-16-24-26(30)19(3)34-36(24)29(38)35(25)17-20-9-6-5-7-10-20/h6-8,10-11,13-14,16-17,19,28H,5,9,12,15,18,32H2,1-4H3,(H,33,37);6-9,11-14,17-18,21,28H,5,10,15-16,19,32H2,1-4H3;5-7,9-10,12-13,15-16,18,27H,4,8,11,14,17,32H2,1-3H3,(H,33,37). The van der Waals surface area contributed by atoms with E-state index in [9.17, 15) is 33.2 Å². The summed E-state index contributed by atoms with van der Waals surface area (Å²) in [5.41, 5.74) is 28.6. The number of hydrogen-bond acceptors (Lipinski definition) is 13. The summed E-state index contributed by atoms with van der Waals surface area (Å²) in [7, 11) is 1.60. The summed E-state index contributed by atoms with van der Waals surface area (Å²) in [6.07, 6.45) is 5.49. The van der Waals surface area contributed by atoms with E-state index in [0.29, 0.717) is 160 Å². The van der Waals surface area contributed by atoms with Crippen LogP contribution >= 0.6 is 34.8 Å². The third kappa shape index (κ3) is 20.2. The fraction of sp³-hybridized carbons (Fsp3) is 0.360. The third-order valence-electron chi connectivity index (χ3n) is 21.4. The Kier molecular flexibility index (Phi) is 30.3. The highest BCUT2D eigenvalue weighted by Crippen LogP contribution is 2.37. The number of hydrogen-bond donors (Lipinski definition) is 5. The first kappa shape index (κ1) is 86.9. The lowest BCUT2D eigenvalue weighted by molar-refractivity contribution is 0.0594. The Labute approximate surface area is 685 Å². The molecule has 6 atom stereocenters. The Hall–Kier alpha value is -10.5. The van der Waals surface area contributed by atoms with Gasteiger partial charge in [-0.15, -0.1) is 0 Å². The molecular formula is C89H105Cl3FN15O7. The minimum atomic E-state index is -0.521. The number of carbonyl (C=O) groups excluding carboxylic acids is 3. The summed E-state index contributed by atoms with van der Waals surface area (Å²) >= 11 is 19.7. The third-order valence-corrected chi connectivity index (χ3v) is 22.8. The van der Waals surface area contributed by atoms with Gasteiger partial charge < -0.3 is 37.5 Å². The molecule has 0 aliphatic heterocycles. The molecule has 0 aliphatic carbocycles. The van der Waals surface area contributed by atoms with Crippen molar-refractivity contribution in [2.24, 2.45) is 35.0 Å². The minimum Gasteiger partial charge on any atom is -0.497 e.